The highest BCUT2D eigenvalue weighted by atomic mass is 16.1. The molecule has 0 aliphatic carbocycles. The van der Waals surface area contributed by atoms with Crippen LogP contribution >= 0.6 is 0 Å². The van der Waals surface area contributed by atoms with E-state index in [0.29, 0.717) is 12.1 Å². The summed E-state index contributed by atoms with van der Waals surface area (Å²) in [6.45, 7) is 4.01. The lowest BCUT2D eigenvalue weighted by Gasteiger charge is -2.12. The maximum absolute atomic E-state index is 11.9. The molecule has 1 aromatic carbocycles. The van der Waals surface area contributed by atoms with Crippen LogP contribution in [-0.2, 0) is 4.79 Å². The van der Waals surface area contributed by atoms with Gasteiger partial charge in [0.1, 0.15) is 6.33 Å². The van der Waals surface area contributed by atoms with E-state index < -0.39 is 0 Å². The van der Waals surface area contributed by atoms with Crippen LogP contribution in [0.25, 0.3) is 5.69 Å². The van der Waals surface area contributed by atoms with Crippen LogP contribution in [0.1, 0.15) is 31.7 Å². The van der Waals surface area contributed by atoms with Crippen molar-refractivity contribution in [1.29, 1.82) is 0 Å². The fourth-order valence-corrected chi connectivity index (χ4v) is 2.13. The molecule has 0 saturated heterocycles. The first-order valence-electron chi connectivity index (χ1n) is 6.99. The molecular weight excluding hydrogens is 268 g/mol. The van der Waals surface area contributed by atoms with Gasteiger partial charge in [0.15, 0.2) is 0 Å². The zero-order valence-electron chi connectivity index (χ0n) is 12.3. The molecule has 1 amide bonds. The van der Waals surface area contributed by atoms with Gasteiger partial charge in [-0.2, -0.15) is 0 Å². The van der Waals surface area contributed by atoms with Crippen molar-refractivity contribution in [2.45, 2.75) is 39.2 Å². The molecule has 0 spiro atoms. The first kappa shape index (κ1) is 15.1. The number of aryl methyl sites for hydroxylation is 1. The van der Waals surface area contributed by atoms with Gasteiger partial charge < -0.3 is 11.1 Å². The monoisotopic (exact) mass is 288 g/mol. The van der Waals surface area contributed by atoms with Crippen LogP contribution in [0, 0.1) is 6.92 Å². The van der Waals surface area contributed by atoms with Gasteiger partial charge in [-0.25, -0.2) is 4.68 Å². The minimum Gasteiger partial charge on any atom is -0.327 e. The highest BCUT2D eigenvalue weighted by Gasteiger charge is 2.10. The smallest absolute Gasteiger partial charge is 0.225 e. The number of hydrogen-bond donors (Lipinski definition) is 2. The number of hydrogen-bond acceptors (Lipinski definition) is 5. The van der Waals surface area contributed by atoms with Crippen molar-refractivity contribution in [2.24, 2.45) is 5.73 Å². The van der Waals surface area contributed by atoms with E-state index in [-0.39, 0.29) is 11.9 Å². The molecule has 21 heavy (non-hydrogen) atoms. The second kappa shape index (κ2) is 6.94. The quantitative estimate of drug-likeness (QED) is 0.837. The Morgan fingerprint density at radius 1 is 1.48 bits per heavy atom. The van der Waals surface area contributed by atoms with E-state index in [1.165, 1.54) is 6.33 Å². The molecule has 0 radical (unpaired) electrons. The Morgan fingerprint density at radius 2 is 2.29 bits per heavy atom. The molecule has 0 bridgehead atoms. The molecule has 7 heteroatoms. The number of tetrazole rings is 1. The summed E-state index contributed by atoms with van der Waals surface area (Å²) in [5.74, 6) is -0.0810. The fourth-order valence-electron chi connectivity index (χ4n) is 2.13. The average Bonchev–Trinajstić information content (AvgIpc) is 2.95. The number of benzene rings is 1. The highest BCUT2D eigenvalue weighted by Crippen LogP contribution is 2.18. The Kier molecular flexibility index (Phi) is 4.99. The van der Waals surface area contributed by atoms with E-state index in [1.54, 1.807) is 4.68 Å². The Balaban J connectivity index is 2.08. The number of aromatic nitrogens is 4. The Hall–Kier alpha value is -2.28. The number of amides is 1. The lowest BCUT2D eigenvalue weighted by atomic mass is 10.1. The number of nitrogens with two attached hydrogens (primary N) is 1. The second-order valence-electron chi connectivity index (χ2n) is 5.06. The first-order valence-corrected chi connectivity index (χ1v) is 6.99. The summed E-state index contributed by atoms with van der Waals surface area (Å²) in [6, 6.07) is 5.51. The van der Waals surface area contributed by atoms with Crippen LogP contribution in [0.3, 0.4) is 0 Å². The second-order valence-corrected chi connectivity index (χ2v) is 5.06. The van der Waals surface area contributed by atoms with Gasteiger partial charge in [0.05, 0.1) is 5.69 Å². The molecule has 1 unspecified atom stereocenters. The Morgan fingerprint density at radius 3 is 2.95 bits per heavy atom. The van der Waals surface area contributed by atoms with Gasteiger partial charge in [-0.1, -0.05) is 19.4 Å². The maximum Gasteiger partial charge on any atom is 0.225 e. The molecule has 1 aromatic heterocycles. The van der Waals surface area contributed by atoms with Crippen molar-refractivity contribution < 1.29 is 4.79 Å². The van der Waals surface area contributed by atoms with E-state index >= 15 is 0 Å². The molecule has 1 atom stereocenters. The van der Waals surface area contributed by atoms with Gasteiger partial charge in [-0.15, -0.1) is 5.10 Å². The van der Waals surface area contributed by atoms with Crippen LogP contribution in [0.15, 0.2) is 24.5 Å². The van der Waals surface area contributed by atoms with Crippen molar-refractivity contribution in [3.8, 4) is 5.69 Å². The number of nitrogens with zero attached hydrogens (tertiary/aromatic N) is 4. The first-order chi connectivity index (χ1) is 10.1. The molecule has 0 aliphatic heterocycles. The van der Waals surface area contributed by atoms with Gasteiger partial charge in [0.2, 0.25) is 5.91 Å². The number of carbonyl (C=O) groups is 1. The predicted octanol–water partition coefficient (Wildman–Crippen LogP) is 1.43. The summed E-state index contributed by atoms with van der Waals surface area (Å²) in [6.07, 6.45) is 3.66. The van der Waals surface area contributed by atoms with Crippen LogP contribution in [-0.4, -0.2) is 32.2 Å². The molecule has 0 fully saturated rings. The lowest BCUT2D eigenvalue weighted by molar-refractivity contribution is -0.116. The topological polar surface area (TPSA) is 98.7 Å². The SMILES string of the molecule is CCCC(N)CC(=O)Nc1ccc(C)c(-n2cnnn2)c1. The molecule has 1 heterocycles. The van der Waals surface area contributed by atoms with Gasteiger partial charge >= 0.3 is 0 Å². The molecule has 112 valence electrons. The minimum atomic E-state index is -0.0977. The van der Waals surface area contributed by atoms with E-state index in [2.05, 4.69) is 27.8 Å². The zero-order chi connectivity index (χ0) is 15.2. The highest BCUT2D eigenvalue weighted by molar-refractivity contribution is 5.91. The molecular formula is C14H20N6O. The van der Waals surface area contributed by atoms with Crippen molar-refractivity contribution in [1.82, 2.24) is 20.2 Å². The Bertz CT molecular complexity index is 596. The van der Waals surface area contributed by atoms with Crippen molar-refractivity contribution in [3.63, 3.8) is 0 Å². The summed E-state index contributed by atoms with van der Waals surface area (Å²) in [5.41, 5.74) is 8.43. The third kappa shape index (κ3) is 4.09. The predicted molar refractivity (Wildman–Crippen MR) is 80.0 cm³/mol. The van der Waals surface area contributed by atoms with Gasteiger partial charge in [0, 0.05) is 18.2 Å². The molecule has 0 aliphatic rings. The number of nitrogens with one attached hydrogen (secondary N) is 1. The minimum absolute atomic E-state index is 0.0810. The maximum atomic E-state index is 11.9. The summed E-state index contributed by atoms with van der Waals surface area (Å²) < 4.78 is 1.56. The van der Waals surface area contributed by atoms with Crippen molar-refractivity contribution in [3.05, 3.63) is 30.1 Å². The van der Waals surface area contributed by atoms with E-state index in [9.17, 15) is 4.79 Å². The van der Waals surface area contributed by atoms with Crippen LogP contribution in [0.4, 0.5) is 5.69 Å². The lowest BCUT2D eigenvalue weighted by Crippen LogP contribution is -2.26. The summed E-state index contributed by atoms with van der Waals surface area (Å²) in [7, 11) is 0. The van der Waals surface area contributed by atoms with Crippen molar-refractivity contribution in [2.75, 3.05) is 5.32 Å². The number of rotatable bonds is 6. The Labute approximate surface area is 123 Å². The average molecular weight is 288 g/mol. The van der Waals surface area contributed by atoms with Crippen LogP contribution in [0.5, 0.6) is 0 Å². The van der Waals surface area contributed by atoms with Crippen LogP contribution in [0.2, 0.25) is 0 Å². The van der Waals surface area contributed by atoms with Gasteiger partial charge in [-0.3, -0.25) is 4.79 Å². The fraction of sp³-hybridized carbons (Fsp3) is 0.429. The third-order valence-electron chi connectivity index (χ3n) is 3.20. The van der Waals surface area contributed by atoms with E-state index in [1.807, 2.05) is 25.1 Å². The van der Waals surface area contributed by atoms with Gasteiger partial charge in [-0.05, 0) is 41.5 Å². The molecule has 7 nitrogen and oxygen atoms in total. The van der Waals surface area contributed by atoms with E-state index in [4.69, 9.17) is 5.73 Å². The van der Waals surface area contributed by atoms with E-state index in [0.717, 1.165) is 24.1 Å². The van der Waals surface area contributed by atoms with Gasteiger partial charge in [0.25, 0.3) is 0 Å². The molecule has 2 aromatic rings. The standard InChI is InChI=1S/C14H20N6O/c1-3-4-11(15)7-14(21)17-12-6-5-10(2)13(8-12)20-9-16-18-19-20/h5-6,8-9,11H,3-4,7,15H2,1-2H3,(H,17,21). The normalized spacial score (nSPS) is 12.1. The molecule has 2 rings (SSSR count). The number of anilines is 1. The third-order valence-corrected chi connectivity index (χ3v) is 3.20. The van der Waals surface area contributed by atoms with Crippen LogP contribution < -0.4 is 11.1 Å². The molecule has 0 saturated carbocycles. The summed E-state index contributed by atoms with van der Waals surface area (Å²) in [5, 5.41) is 14.0. The largest absolute Gasteiger partial charge is 0.327 e. The summed E-state index contributed by atoms with van der Waals surface area (Å²) in [4.78, 5) is 11.9. The molecule has 3 N–H and O–H groups in total. The zero-order valence-corrected chi connectivity index (χ0v) is 12.3. The number of carbonyl (C=O) groups excluding carboxylic acids is 1. The summed E-state index contributed by atoms with van der Waals surface area (Å²) >= 11 is 0. The van der Waals surface area contributed by atoms with Crippen molar-refractivity contribution >= 4 is 11.6 Å².